The van der Waals surface area contributed by atoms with Crippen LogP contribution in [0.4, 0.5) is 0 Å². The Hall–Kier alpha value is -0.880. The van der Waals surface area contributed by atoms with Crippen molar-refractivity contribution in [3.05, 3.63) is 51.9 Å². The van der Waals surface area contributed by atoms with Crippen molar-refractivity contribution in [3.8, 4) is 0 Å². The number of thiophene rings is 1. The van der Waals surface area contributed by atoms with Crippen LogP contribution in [0.1, 0.15) is 30.0 Å². The standard InChI is InChI=1S/C15H16ClNO2S2/c1-11-5-2-3-6-12(11)13-7-4-10-17(13)21(18,19)15-9-8-14(16)20-15/h2-3,5-6,8-9,13H,4,7,10H2,1H3/t13-/m0/s1. The summed E-state index contributed by atoms with van der Waals surface area (Å²) in [6, 6.07) is 11.2. The van der Waals surface area contributed by atoms with Crippen LogP contribution in [0.5, 0.6) is 0 Å². The smallest absolute Gasteiger partial charge is 0.206 e. The van der Waals surface area contributed by atoms with E-state index in [2.05, 4.69) is 0 Å². The molecule has 1 aliphatic heterocycles. The summed E-state index contributed by atoms with van der Waals surface area (Å²) in [5.74, 6) is 0. The lowest BCUT2D eigenvalue weighted by Gasteiger charge is -2.25. The quantitative estimate of drug-likeness (QED) is 0.837. The monoisotopic (exact) mass is 341 g/mol. The minimum absolute atomic E-state index is 0.0722. The number of halogens is 1. The average Bonchev–Trinajstić information content (AvgIpc) is 3.08. The summed E-state index contributed by atoms with van der Waals surface area (Å²) in [6.07, 6.45) is 1.75. The molecular formula is C15H16ClNO2S2. The molecule has 2 aromatic rings. The number of hydrogen-bond donors (Lipinski definition) is 0. The van der Waals surface area contributed by atoms with Gasteiger partial charge in [0.25, 0.3) is 10.0 Å². The lowest BCUT2D eigenvalue weighted by Crippen LogP contribution is -2.30. The molecule has 3 rings (SSSR count). The van der Waals surface area contributed by atoms with Crippen molar-refractivity contribution in [3.63, 3.8) is 0 Å². The van der Waals surface area contributed by atoms with Crippen LogP contribution in [0.3, 0.4) is 0 Å². The van der Waals surface area contributed by atoms with Gasteiger partial charge in [-0.15, -0.1) is 11.3 Å². The Morgan fingerprint density at radius 2 is 2.00 bits per heavy atom. The predicted molar refractivity (Wildman–Crippen MR) is 86.4 cm³/mol. The normalized spacial score (nSPS) is 20.0. The Morgan fingerprint density at radius 1 is 1.24 bits per heavy atom. The van der Waals surface area contributed by atoms with Crippen LogP contribution < -0.4 is 0 Å². The van der Waals surface area contributed by atoms with E-state index in [1.54, 1.807) is 16.4 Å². The van der Waals surface area contributed by atoms with Gasteiger partial charge in [0.05, 0.1) is 10.4 Å². The molecule has 0 N–H and O–H groups in total. The molecule has 0 amide bonds. The zero-order chi connectivity index (χ0) is 15.0. The van der Waals surface area contributed by atoms with Gasteiger partial charge in [0.15, 0.2) is 0 Å². The molecule has 0 aliphatic carbocycles. The van der Waals surface area contributed by atoms with E-state index in [0.717, 1.165) is 35.3 Å². The van der Waals surface area contributed by atoms with Crippen molar-refractivity contribution < 1.29 is 8.42 Å². The molecule has 0 saturated carbocycles. The highest BCUT2D eigenvalue weighted by Gasteiger charge is 2.37. The first kappa shape index (κ1) is 15.0. The molecule has 1 aliphatic rings. The largest absolute Gasteiger partial charge is 0.253 e. The third-order valence-corrected chi connectivity index (χ3v) is 7.47. The first-order valence-corrected chi connectivity index (χ1v) is 9.46. The summed E-state index contributed by atoms with van der Waals surface area (Å²) >= 11 is 7.01. The lowest BCUT2D eigenvalue weighted by molar-refractivity contribution is 0.397. The second-order valence-electron chi connectivity index (χ2n) is 5.19. The Kier molecular flexibility index (Phi) is 4.10. The van der Waals surface area contributed by atoms with Gasteiger partial charge in [-0.1, -0.05) is 35.9 Å². The maximum absolute atomic E-state index is 12.8. The van der Waals surface area contributed by atoms with E-state index in [1.807, 2.05) is 31.2 Å². The molecule has 1 atom stereocenters. The molecule has 0 unspecified atom stereocenters. The maximum atomic E-state index is 12.8. The van der Waals surface area contributed by atoms with Gasteiger partial charge in [0, 0.05) is 6.54 Å². The minimum Gasteiger partial charge on any atom is -0.206 e. The van der Waals surface area contributed by atoms with Crippen LogP contribution in [0.2, 0.25) is 4.34 Å². The van der Waals surface area contributed by atoms with Crippen LogP contribution in [0, 0.1) is 6.92 Å². The molecule has 1 fully saturated rings. The predicted octanol–water partition coefficient (Wildman–Crippen LogP) is 4.24. The van der Waals surface area contributed by atoms with Crippen molar-refractivity contribution in [1.82, 2.24) is 4.31 Å². The van der Waals surface area contributed by atoms with Crippen molar-refractivity contribution in [2.24, 2.45) is 0 Å². The Balaban J connectivity index is 2.00. The van der Waals surface area contributed by atoms with Crippen molar-refractivity contribution in [1.29, 1.82) is 0 Å². The molecule has 112 valence electrons. The van der Waals surface area contributed by atoms with Crippen molar-refractivity contribution in [2.75, 3.05) is 6.54 Å². The van der Waals surface area contributed by atoms with E-state index >= 15 is 0 Å². The maximum Gasteiger partial charge on any atom is 0.253 e. The van der Waals surface area contributed by atoms with Crippen LogP contribution in [0.15, 0.2) is 40.6 Å². The Labute approximate surface area is 134 Å². The van der Waals surface area contributed by atoms with Gasteiger partial charge in [0.1, 0.15) is 4.21 Å². The number of rotatable bonds is 3. The summed E-state index contributed by atoms with van der Waals surface area (Å²) in [7, 11) is -3.46. The molecule has 1 saturated heterocycles. The topological polar surface area (TPSA) is 37.4 Å². The van der Waals surface area contributed by atoms with E-state index < -0.39 is 10.0 Å². The molecule has 0 bridgehead atoms. The van der Waals surface area contributed by atoms with Crippen LogP contribution >= 0.6 is 22.9 Å². The zero-order valence-corrected chi connectivity index (χ0v) is 14.0. The molecule has 3 nitrogen and oxygen atoms in total. The summed E-state index contributed by atoms with van der Waals surface area (Å²) in [4.78, 5) is 0. The van der Waals surface area contributed by atoms with E-state index in [9.17, 15) is 8.42 Å². The second-order valence-corrected chi connectivity index (χ2v) is 9.02. The molecular weight excluding hydrogens is 326 g/mol. The van der Waals surface area contributed by atoms with E-state index in [-0.39, 0.29) is 6.04 Å². The number of aryl methyl sites for hydroxylation is 1. The van der Waals surface area contributed by atoms with Gasteiger partial charge in [-0.05, 0) is 43.0 Å². The third kappa shape index (κ3) is 2.75. The first-order valence-electron chi connectivity index (χ1n) is 6.83. The summed E-state index contributed by atoms with van der Waals surface area (Å²) in [5.41, 5.74) is 2.23. The van der Waals surface area contributed by atoms with Crippen molar-refractivity contribution >= 4 is 33.0 Å². The molecule has 6 heteroatoms. The number of hydrogen-bond acceptors (Lipinski definition) is 3. The van der Waals surface area contributed by atoms with Crippen LogP contribution in [-0.4, -0.2) is 19.3 Å². The molecule has 2 heterocycles. The zero-order valence-electron chi connectivity index (χ0n) is 11.6. The molecule has 1 aromatic heterocycles. The number of sulfonamides is 1. The SMILES string of the molecule is Cc1ccccc1[C@@H]1CCCN1S(=O)(=O)c1ccc(Cl)s1. The van der Waals surface area contributed by atoms with Gasteiger partial charge in [-0.3, -0.25) is 0 Å². The van der Waals surface area contributed by atoms with Crippen LogP contribution in [0.25, 0.3) is 0 Å². The molecule has 1 aromatic carbocycles. The Bertz CT molecular complexity index is 755. The fraction of sp³-hybridized carbons (Fsp3) is 0.333. The van der Waals surface area contributed by atoms with Gasteiger partial charge in [-0.2, -0.15) is 4.31 Å². The number of benzene rings is 1. The first-order chi connectivity index (χ1) is 10.00. The summed E-state index contributed by atoms with van der Waals surface area (Å²) in [5, 5.41) is 0. The average molecular weight is 342 g/mol. The molecule has 21 heavy (non-hydrogen) atoms. The third-order valence-electron chi connectivity index (χ3n) is 3.86. The highest BCUT2D eigenvalue weighted by molar-refractivity contribution is 7.91. The van der Waals surface area contributed by atoms with E-state index in [4.69, 9.17) is 11.6 Å². The fourth-order valence-corrected chi connectivity index (χ4v) is 6.14. The van der Waals surface area contributed by atoms with E-state index in [0.29, 0.717) is 15.1 Å². The highest BCUT2D eigenvalue weighted by Crippen LogP contribution is 2.39. The van der Waals surface area contributed by atoms with Gasteiger partial charge in [0.2, 0.25) is 0 Å². The second kappa shape index (κ2) is 5.72. The summed E-state index contributed by atoms with van der Waals surface area (Å²) in [6.45, 7) is 2.59. The fourth-order valence-electron chi connectivity index (χ4n) is 2.85. The van der Waals surface area contributed by atoms with Gasteiger partial charge in [-0.25, -0.2) is 8.42 Å². The number of nitrogens with zero attached hydrogens (tertiary/aromatic N) is 1. The van der Waals surface area contributed by atoms with Crippen LogP contribution in [-0.2, 0) is 10.0 Å². The van der Waals surface area contributed by atoms with Crippen molar-refractivity contribution in [2.45, 2.75) is 30.0 Å². The van der Waals surface area contributed by atoms with E-state index in [1.165, 1.54) is 0 Å². The highest BCUT2D eigenvalue weighted by atomic mass is 35.5. The Morgan fingerprint density at radius 3 is 2.67 bits per heavy atom. The molecule has 0 radical (unpaired) electrons. The van der Waals surface area contributed by atoms with Gasteiger partial charge < -0.3 is 0 Å². The molecule has 0 spiro atoms. The lowest BCUT2D eigenvalue weighted by atomic mass is 10.0. The summed E-state index contributed by atoms with van der Waals surface area (Å²) < 4.78 is 28.1. The van der Waals surface area contributed by atoms with Gasteiger partial charge >= 0.3 is 0 Å². The minimum atomic E-state index is -3.46.